The minimum Gasteiger partial charge on any atom is -0.378 e. The number of nitrogens with one attached hydrogen (secondary N) is 2. The quantitative estimate of drug-likeness (QED) is 0.871. The van der Waals surface area contributed by atoms with Gasteiger partial charge in [-0.15, -0.1) is 0 Å². The van der Waals surface area contributed by atoms with Gasteiger partial charge >= 0.3 is 0 Å². The molecule has 104 valence electrons. The van der Waals surface area contributed by atoms with E-state index in [0.29, 0.717) is 18.0 Å². The van der Waals surface area contributed by atoms with Crippen LogP contribution in [0.4, 0.5) is 5.82 Å². The number of aryl methyl sites for hydroxylation is 1. The lowest BCUT2D eigenvalue weighted by molar-refractivity contribution is 0.0136. The summed E-state index contributed by atoms with van der Waals surface area (Å²) in [7, 11) is 1.80. The van der Waals surface area contributed by atoms with Crippen LogP contribution >= 0.6 is 0 Å². The van der Waals surface area contributed by atoms with Crippen LogP contribution in [0.5, 0.6) is 0 Å². The van der Waals surface area contributed by atoms with E-state index >= 15 is 0 Å². The van der Waals surface area contributed by atoms with Gasteiger partial charge in [-0.25, -0.2) is 4.98 Å². The SMILES string of the molecule is CNc1cc(C(=O)NC2CCOC(C)C2)cc(C)n1. The first kappa shape index (κ1) is 13.8. The highest BCUT2D eigenvalue weighted by Crippen LogP contribution is 2.15. The molecule has 2 unspecified atom stereocenters. The second kappa shape index (κ2) is 6.02. The molecule has 1 aliphatic rings. The first-order valence-corrected chi connectivity index (χ1v) is 6.67. The normalized spacial score (nSPS) is 22.9. The second-order valence-electron chi connectivity index (χ2n) is 5.01. The molecule has 2 N–H and O–H groups in total. The zero-order valence-corrected chi connectivity index (χ0v) is 11.7. The van der Waals surface area contributed by atoms with Crippen molar-refractivity contribution in [2.75, 3.05) is 19.0 Å². The zero-order valence-electron chi connectivity index (χ0n) is 11.7. The Morgan fingerprint density at radius 2 is 2.26 bits per heavy atom. The van der Waals surface area contributed by atoms with Gasteiger partial charge in [0, 0.05) is 31.0 Å². The summed E-state index contributed by atoms with van der Waals surface area (Å²) >= 11 is 0. The molecule has 1 fully saturated rings. The fraction of sp³-hybridized carbons (Fsp3) is 0.571. The molecule has 19 heavy (non-hydrogen) atoms. The maximum atomic E-state index is 12.2. The van der Waals surface area contributed by atoms with Crippen molar-refractivity contribution in [3.05, 3.63) is 23.4 Å². The number of hydrogen-bond acceptors (Lipinski definition) is 4. The number of nitrogens with zero attached hydrogens (tertiary/aromatic N) is 1. The molecule has 2 atom stereocenters. The monoisotopic (exact) mass is 263 g/mol. The summed E-state index contributed by atoms with van der Waals surface area (Å²) in [5, 5.41) is 6.03. The van der Waals surface area contributed by atoms with Crippen LogP contribution in [0.15, 0.2) is 12.1 Å². The standard InChI is InChI=1S/C14H21N3O2/c1-9-6-11(8-13(15-3)16-9)14(18)17-12-4-5-19-10(2)7-12/h6,8,10,12H,4-5,7H2,1-3H3,(H,15,16)(H,17,18). The lowest BCUT2D eigenvalue weighted by Gasteiger charge is -2.28. The molecule has 1 aromatic rings. The Bertz CT molecular complexity index is 462. The molecule has 5 heteroatoms. The van der Waals surface area contributed by atoms with E-state index in [2.05, 4.69) is 15.6 Å². The average Bonchev–Trinajstić information content (AvgIpc) is 2.38. The number of hydrogen-bond donors (Lipinski definition) is 2. The molecule has 2 heterocycles. The molecule has 5 nitrogen and oxygen atoms in total. The number of anilines is 1. The predicted octanol–water partition coefficient (Wildman–Crippen LogP) is 1.73. The lowest BCUT2D eigenvalue weighted by Crippen LogP contribution is -2.41. The number of carbonyl (C=O) groups excluding carboxylic acids is 1. The third-order valence-electron chi connectivity index (χ3n) is 3.29. The maximum absolute atomic E-state index is 12.2. The molecule has 0 aromatic carbocycles. The average molecular weight is 263 g/mol. The number of pyridine rings is 1. The Kier molecular flexibility index (Phi) is 4.37. The Morgan fingerprint density at radius 3 is 2.95 bits per heavy atom. The predicted molar refractivity (Wildman–Crippen MR) is 74.4 cm³/mol. The van der Waals surface area contributed by atoms with Crippen LogP contribution in [0.1, 0.15) is 35.8 Å². The molecular weight excluding hydrogens is 242 g/mol. The van der Waals surface area contributed by atoms with E-state index in [1.165, 1.54) is 0 Å². The van der Waals surface area contributed by atoms with Gasteiger partial charge in [-0.05, 0) is 38.8 Å². The third-order valence-corrected chi connectivity index (χ3v) is 3.29. The minimum absolute atomic E-state index is 0.0406. The van der Waals surface area contributed by atoms with Gasteiger partial charge in [0.2, 0.25) is 0 Å². The van der Waals surface area contributed by atoms with E-state index in [4.69, 9.17) is 4.74 Å². The van der Waals surface area contributed by atoms with Crippen LogP contribution in [0.2, 0.25) is 0 Å². The van der Waals surface area contributed by atoms with Gasteiger partial charge in [-0.3, -0.25) is 4.79 Å². The fourth-order valence-electron chi connectivity index (χ4n) is 2.33. The number of aromatic nitrogens is 1. The molecule has 1 saturated heterocycles. The number of rotatable bonds is 3. The van der Waals surface area contributed by atoms with Crippen molar-refractivity contribution in [3.8, 4) is 0 Å². The van der Waals surface area contributed by atoms with Crippen LogP contribution in [0.25, 0.3) is 0 Å². The summed E-state index contributed by atoms with van der Waals surface area (Å²) < 4.78 is 5.48. The van der Waals surface area contributed by atoms with Crippen molar-refractivity contribution in [1.82, 2.24) is 10.3 Å². The first-order valence-electron chi connectivity index (χ1n) is 6.67. The van der Waals surface area contributed by atoms with Gasteiger partial charge < -0.3 is 15.4 Å². The first-order chi connectivity index (χ1) is 9.08. The zero-order chi connectivity index (χ0) is 13.8. The van der Waals surface area contributed by atoms with Gasteiger partial charge in [-0.1, -0.05) is 0 Å². The van der Waals surface area contributed by atoms with Crippen LogP contribution in [-0.4, -0.2) is 36.7 Å². The van der Waals surface area contributed by atoms with Crippen molar-refractivity contribution >= 4 is 11.7 Å². The van der Waals surface area contributed by atoms with Crippen molar-refractivity contribution < 1.29 is 9.53 Å². The van der Waals surface area contributed by atoms with Crippen molar-refractivity contribution in [3.63, 3.8) is 0 Å². The van der Waals surface area contributed by atoms with E-state index in [-0.39, 0.29) is 18.1 Å². The fourth-order valence-corrected chi connectivity index (χ4v) is 2.33. The molecule has 0 radical (unpaired) electrons. The van der Waals surface area contributed by atoms with E-state index in [1.54, 1.807) is 19.2 Å². The summed E-state index contributed by atoms with van der Waals surface area (Å²) in [6, 6.07) is 3.77. The molecule has 1 amide bonds. The maximum Gasteiger partial charge on any atom is 0.251 e. The summed E-state index contributed by atoms with van der Waals surface area (Å²) in [5.74, 6) is 0.673. The number of amides is 1. The van der Waals surface area contributed by atoms with Crippen LogP contribution in [0, 0.1) is 6.92 Å². The molecule has 1 aromatic heterocycles. The second-order valence-corrected chi connectivity index (χ2v) is 5.01. The Morgan fingerprint density at radius 1 is 1.47 bits per heavy atom. The van der Waals surface area contributed by atoms with Gasteiger partial charge in [0.1, 0.15) is 5.82 Å². The van der Waals surface area contributed by atoms with Crippen LogP contribution in [0.3, 0.4) is 0 Å². The smallest absolute Gasteiger partial charge is 0.251 e. The van der Waals surface area contributed by atoms with Gasteiger partial charge in [0.05, 0.1) is 6.10 Å². The van der Waals surface area contributed by atoms with Crippen LogP contribution < -0.4 is 10.6 Å². The summed E-state index contributed by atoms with van der Waals surface area (Å²) in [5.41, 5.74) is 1.48. The topological polar surface area (TPSA) is 63.2 Å². The highest BCUT2D eigenvalue weighted by Gasteiger charge is 2.21. The van der Waals surface area contributed by atoms with E-state index in [1.807, 2.05) is 13.8 Å². The van der Waals surface area contributed by atoms with Crippen molar-refractivity contribution in [2.45, 2.75) is 38.8 Å². The summed E-state index contributed by atoms with van der Waals surface area (Å²) in [4.78, 5) is 16.5. The molecule has 0 saturated carbocycles. The molecule has 0 aliphatic carbocycles. The van der Waals surface area contributed by atoms with Crippen LogP contribution in [-0.2, 0) is 4.74 Å². The van der Waals surface area contributed by atoms with E-state index < -0.39 is 0 Å². The molecular formula is C14H21N3O2. The Hall–Kier alpha value is -1.62. The van der Waals surface area contributed by atoms with Gasteiger partial charge in [0.25, 0.3) is 5.91 Å². The van der Waals surface area contributed by atoms with E-state index in [0.717, 1.165) is 18.5 Å². The minimum atomic E-state index is -0.0406. The third kappa shape index (κ3) is 3.67. The highest BCUT2D eigenvalue weighted by molar-refractivity contribution is 5.95. The van der Waals surface area contributed by atoms with E-state index in [9.17, 15) is 4.79 Å². The van der Waals surface area contributed by atoms with Gasteiger partial charge in [0.15, 0.2) is 0 Å². The molecule has 0 spiro atoms. The van der Waals surface area contributed by atoms with Crippen molar-refractivity contribution in [2.24, 2.45) is 0 Å². The number of carbonyl (C=O) groups is 1. The molecule has 1 aliphatic heterocycles. The van der Waals surface area contributed by atoms with Gasteiger partial charge in [-0.2, -0.15) is 0 Å². The molecule has 2 rings (SSSR count). The summed E-state index contributed by atoms with van der Waals surface area (Å²) in [6.07, 6.45) is 1.96. The number of ether oxygens (including phenoxy) is 1. The highest BCUT2D eigenvalue weighted by atomic mass is 16.5. The molecule has 0 bridgehead atoms. The van der Waals surface area contributed by atoms with Crippen molar-refractivity contribution in [1.29, 1.82) is 0 Å². The lowest BCUT2D eigenvalue weighted by atomic mass is 10.0. The Labute approximate surface area is 113 Å². The largest absolute Gasteiger partial charge is 0.378 e. The summed E-state index contributed by atoms with van der Waals surface area (Å²) in [6.45, 7) is 4.63. The Balaban J connectivity index is 2.05.